The Labute approximate surface area is 163 Å². The summed E-state index contributed by atoms with van der Waals surface area (Å²) in [5, 5.41) is 16.5. The van der Waals surface area contributed by atoms with E-state index in [0.29, 0.717) is 12.3 Å². The number of nitrogens with zero attached hydrogens (tertiary/aromatic N) is 5. The molecule has 3 aromatic rings. The Balaban J connectivity index is 1.52. The third kappa shape index (κ3) is 4.97. The van der Waals surface area contributed by atoms with Gasteiger partial charge < -0.3 is 9.88 Å². The first-order valence-electron chi connectivity index (χ1n) is 9.05. The predicted molar refractivity (Wildman–Crippen MR) is 106 cm³/mol. The number of hydrogen-bond donors (Lipinski definition) is 1. The zero-order valence-corrected chi connectivity index (χ0v) is 16.4. The zero-order chi connectivity index (χ0) is 19.1. The lowest BCUT2D eigenvalue weighted by atomic mass is 10.1. The molecule has 0 aliphatic rings. The SMILES string of the molecule is CCn1c(SCC(=O)NCCCn2cccn2)nnc1-c1ccccc1C. The molecule has 0 fully saturated rings. The highest BCUT2D eigenvalue weighted by atomic mass is 32.2. The average Bonchev–Trinajstić information content (AvgIpc) is 3.33. The van der Waals surface area contributed by atoms with Crippen LogP contribution in [0.1, 0.15) is 18.9 Å². The van der Waals surface area contributed by atoms with Crippen LogP contribution in [0.25, 0.3) is 11.4 Å². The lowest BCUT2D eigenvalue weighted by Gasteiger charge is -2.09. The Kier molecular flexibility index (Phi) is 6.64. The molecule has 1 amide bonds. The summed E-state index contributed by atoms with van der Waals surface area (Å²) in [6.07, 6.45) is 4.52. The second-order valence-electron chi connectivity index (χ2n) is 6.13. The van der Waals surface area contributed by atoms with Crippen molar-refractivity contribution >= 4 is 17.7 Å². The Hall–Kier alpha value is -2.61. The van der Waals surface area contributed by atoms with Gasteiger partial charge in [0.15, 0.2) is 11.0 Å². The van der Waals surface area contributed by atoms with Gasteiger partial charge in [-0.2, -0.15) is 5.10 Å². The van der Waals surface area contributed by atoms with Crippen molar-refractivity contribution in [1.82, 2.24) is 29.9 Å². The maximum absolute atomic E-state index is 12.1. The van der Waals surface area contributed by atoms with Crippen LogP contribution < -0.4 is 5.32 Å². The average molecular weight is 385 g/mol. The summed E-state index contributed by atoms with van der Waals surface area (Å²) >= 11 is 1.42. The molecule has 142 valence electrons. The number of nitrogens with one attached hydrogen (secondary N) is 1. The predicted octanol–water partition coefficient (Wildman–Crippen LogP) is 2.77. The number of aromatic nitrogens is 5. The van der Waals surface area contributed by atoms with Crippen LogP contribution in [0, 0.1) is 6.92 Å². The summed E-state index contributed by atoms with van der Waals surface area (Å²) in [6.45, 7) is 6.31. The standard InChI is InChI=1S/C19H24N6OS/c1-3-25-18(16-9-5-4-8-15(16)2)22-23-19(25)27-14-17(26)20-10-6-12-24-13-7-11-21-24/h4-5,7-9,11,13H,3,6,10,12,14H2,1-2H3,(H,20,26). The zero-order valence-electron chi connectivity index (χ0n) is 15.6. The molecule has 27 heavy (non-hydrogen) atoms. The summed E-state index contributed by atoms with van der Waals surface area (Å²) in [5.74, 6) is 1.18. The van der Waals surface area contributed by atoms with Gasteiger partial charge >= 0.3 is 0 Å². The second-order valence-corrected chi connectivity index (χ2v) is 7.07. The van der Waals surface area contributed by atoms with Crippen LogP contribution in [-0.2, 0) is 17.9 Å². The van der Waals surface area contributed by atoms with Gasteiger partial charge in [0.05, 0.1) is 5.75 Å². The Morgan fingerprint density at radius 3 is 2.81 bits per heavy atom. The highest BCUT2D eigenvalue weighted by Crippen LogP contribution is 2.26. The van der Waals surface area contributed by atoms with Crippen molar-refractivity contribution in [2.24, 2.45) is 0 Å². The number of carbonyl (C=O) groups is 1. The lowest BCUT2D eigenvalue weighted by Crippen LogP contribution is -2.27. The largest absolute Gasteiger partial charge is 0.355 e. The van der Waals surface area contributed by atoms with Crippen molar-refractivity contribution in [2.75, 3.05) is 12.3 Å². The van der Waals surface area contributed by atoms with Gasteiger partial charge in [0, 0.05) is 37.6 Å². The van der Waals surface area contributed by atoms with Crippen LogP contribution in [0.4, 0.5) is 0 Å². The molecular weight excluding hydrogens is 360 g/mol. The van der Waals surface area contributed by atoms with E-state index in [1.807, 2.05) is 35.1 Å². The van der Waals surface area contributed by atoms with E-state index in [1.165, 1.54) is 11.8 Å². The first kappa shape index (κ1) is 19.2. The fraction of sp³-hybridized carbons (Fsp3) is 0.368. The number of aryl methyl sites for hydroxylation is 2. The van der Waals surface area contributed by atoms with E-state index in [9.17, 15) is 4.79 Å². The Morgan fingerprint density at radius 2 is 2.07 bits per heavy atom. The topological polar surface area (TPSA) is 77.6 Å². The van der Waals surface area contributed by atoms with Crippen LogP contribution in [-0.4, -0.2) is 42.7 Å². The lowest BCUT2D eigenvalue weighted by molar-refractivity contribution is -0.118. The number of rotatable bonds is 9. The van der Waals surface area contributed by atoms with E-state index < -0.39 is 0 Å². The van der Waals surface area contributed by atoms with Crippen molar-refractivity contribution in [1.29, 1.82) is 0 Å². The number of thioether (sulfide) groups is 1. The normalized spacial score (nSPS) is 10.9. The fourth-order valence-corrected chi connectivity index (χ4v) is 3.62. The van der Waals surface area contributed by atoms with Crippen molar-refractivity contribution in [3.63, 3.8) is 0 Å². The first-order chi connectivity index (χ1) is 13.2. The van der Waals surface area contributed by atoms with Crippen molar-refractivity contribution in [3.05, 3.63) is 48.3 Å². The molecule has 1 aromatic carbocycles. The van der Waals surface area contributed by atoms with Gasteiger partial charge in [-0.15, -0.1) is 10.2 Å². The fourth-order valence-electron chi connectivity index (χ4n) is 2.79. The van der Waals surface area contributed by atoms with Crippen LogP contribution in [0.3, 0.4) is 0 Å². The van der Waals surface area contributed by atoms with Crippen LogP contribution in [0.5, 0.6) is 0 Å². The second kappa shape index (κ2) is 9.36. The van der Waals surface area contributed by atoms with Crippen LogP contribution in [0.2, 0.25) is 0 Å². The molecule has 2 heterocycles. The number of amides is 1. The minimum absolute atomic E-state index is 0.00330. The first-order valence-corrected chi connectivity index (χ1v) is 10.0. The molecule has 2 aromatic heterocycles. The molecule has 1 N–H and O–H groups in total. The van der Waals surface area contributed by atoms with E-state index in [1.54, 1.807) is 6.20 Å². The third-order valence-electron chi connectivity index (χ3n) is 4.20. The van der Waals surface area contributed by atoms with Crippen molar-refractivity contribution in [2.45, 2.75) is 38.5 Å². The monoisotopic (exact) mass is 384 g/mol. The summed E-state index contributed by atoms with van der Waals surface area (Å²) in [6, 6.07) is 10.0. The molecular formula is C19H24N6OS. The van der Waals surface area contributed by atoms with Crippen molar-refractivity contribution in [3.8, 4) is 11.4 Å². The van der Waals surface area contributed by atoms with Gasteiger partial charge in [-0.3, -0.25) is 9.48 Å². The Bertz CT molecular complexity index is 874. The molecule has 3 rings (SSSR count). The summed E-state index contributed by atoms with van der Waals surface area (Å²) < 4.78 is 3.91. The van der Waals surface area contributed by atoms with Gasteiger partial charge in [0.1, 0.15) is 0 Å². The maximum atomic E-state index is 12.1. The van der Waals surface area contributed by atoms with Gasteiger partial charge in [0.2, 0.25) is 5.91 Å². The molecule has 0 atom stereocenters. The molecule has 0 radical (unpaired) electrons. The minimum atomic E-state index is 0.00330. The summed E-state index contributed by atoms with van der Waals surface area (Å²) in [7, 11) is 0. The van der Waals surface area contributed by atoms with Gasteiger partial charge in [-0.1, -0.05) is 36.0 Å². The van der Waals surface area contributed by atoms with Gasteiger partial charge in [-0.25, -0.2) is 0 Å². The molecule has 0 unspecified atom stereocenters. The Morgan fingerprint density at radius 1 is 1.22 bits per heavy atom. The van der Waals surface area contributed by atoms with E-state index in [2.05, 4.69) is 45.1 Å². The summed E-state index contributed by atoms with van der Waals surface area (Å²) in [4.78, 5) is 12.1. The molecule has 0 aliphatic heterocycles. The molecule has 0 saturated heterocycles. The van der Waals surface area contributed by atoms with Gasteiger partial charge in [-0.05, 0) is 31.9 Å². The van der Waals surface area contributed by atoms with E-state index in [0.717, 1.165) is 41.6 Å². The van der Waals surface area contributed by atoms with Gasteiger partial charge in [0.25, 0.3) is 0 Å². The third-order valence-corrected chi connectivity index (χ3v) is 5.16. The minimum Gasteiger partial charge on any atom is -0.355 e. The molecule has 7 nitrogen and oxygen atoms in total. The van der Waals surface area contributed by atoms with Crippen molar-refractivity contribution < 1.29 is 4.79 Å². The molecule has 0 aliphatic carbocycles. The quantitative estimate of drug-likeness (QED) is 0.453. The number of carbonyl (C=O) groups excluding carboxylic acids is 1. The highest BCUT2D eigenvalue weighted by molar-refractivity contribution is 7.99. The smallest absolute Gasteiger partial charge is 0.230 e. The molecule has 0 saturated carbocycles. The van der Waals surface area contributed by atoms with Crippen LogP contribution >= 0.6 is 11.8 Å². The molecule has 0 spiro atoms. The maximum Gasteiger partial charge on any atom is 0.230 e. The number of hydrogen-bond acceptors (Lipinski definition) is 5. The molecule has 8 heteroatoms. The molecule has 0 bridgehead atoms. The summed E-state index contributed by atoms with van der Waals surface area (Å²) in [5.41, 5.74) is 2.23. The van der Waals surface area contributed by atoms with E-state index >= 15 is 0 Å². The van der Waals surface area contributed by atoms with Crippen LogP contribution in [0.15, 0.2) is 47.9 Å². The highest BCUT2D eigenvalue weighted by Gasteiger charge is 2.15. The number of benzene rings is 1. The van der Waals surface area contributed by atoms with E-state index in [4.69, 9.17) is 0 Å². The van der Waals surface area contributed by atoms with E-state index in [-0.39, 0.29) is 5.91 Å².